The monoisotopic (exact) mass is 393 g/mol. The van der Waals surface area contributed by atoms with Crippen LogP contribution in [-0.4, -0.2) is 40.6 Å². The molecule has 4 rings (SSSR count). The minimum Gasteiger partial charge on any atom is -0.376 e. The smallest absolute Gasteiger partial charge is 0.287 e. The second-order valence-electron chi connectivity index (χ2n) is 7.33. The second-order valence-corrected chi connectivity index (χ2v) is 7.33. The van der Waals surface area contributed by atoms with Crippen molar-refractivity contribution in [1.29, 1.82) is 5.26 Å². The average Bonchev–Trinajstić information content (AvgIpc) is 3.40. The van der Waals surface area contributed by atoms with Crippen molar-refractivity contribution >= 4 is 17.5 Å². The number of anilines is 1. The van der Waals surface area contributed by atoms with E-state index in [0.717, 1.165) is 38.0 Å². The normalized spacial score (nSPS) is 18.0. The molecule has 1 fully saturated rings. The Morgan fingerprint density at radius 1 is 1.28 bits per heavy atom. The first kappa shape index (κ1) is 19.2. The van der Waals surface area contributed by atoms with E-state index in [9.17, 15) is 9.59 Å². The van der Waals surface area contributed by atoms with E-state index in [1.54, 1.807) is 24.3 Å². The summed E-state index contributed by atoms with van der Waals surface area (Å²) in [5.74, 6) is -0.383. The molecule has 2 amide bonds. The molecule has 150 valence electrons. The van der Waals surface area contributed by atoms with Crippen molar-refractivity contribution in [2.24, 2.45) is 0 Å². The van der Waals surface area contributed by atoms with Crippen LogP contribution in [-0.2, 0) is 17.7 Å². The molecule has 1 saturated heterocycles. The average molecular weight is 393 g/mol. The van der Waals surface area contributed by atoms with Gasteiger partial charge in [-0.1, -0.05) is 6.07 Å². The van der Waals surface area contributed by atoms with Crippen molar-refractivity contribution < 1.29 is 14.3 Å². The number of fused-ring (bicyclic) bond motifs is 1. The first-order chi connectivity index (χ1) is 14.2. The highest BCUT2D eigenvalue weighted by molar-refractivity contribution is 6.05. The number of amides is 2. The highest BCUT2D eigenvalue weighted by Gasteiger charge is 2.28. The summed E-state index contributed by atoms with van der Waals surface area (Å²) in [6, 6.07) is 8.76. The first-order valence-corrected chi connectivity index (χ1v) is 9.96. The summed E-state index contributed by atoms with van der Waals surface area (Å²) in [6.07, 6.45) is 4.59. The highest BCUT2D eigenvalue weighted by atomic mass is 16.5. The maximum atomic E-state index is 12.9. The lowest BCUT2D eigenvalue weighted by molar-refractivity contribution is 0.0845. The molecule has 2 aliphatic heterocycles. The van der Waals surface area contributed by atoms with E-state index in [1.165, 1.54) is 0 Å². The number of carbonyl (C=O) groups excluding carboxylic acids is 2. The lowest BCUT2D eigenvalue weighted by Gasteiger charge is -2.17. The molecule has 1 aromatic carbocycles. The van der Waals surface area contributed by atoms with Crippen LogP contribution in [0.5, 0.6) is 0 Å². The number of aromatic nitrogens is 2. The van der Waals surface area contributed by atoms with E-state index in [0.29, 0.717) is 30.8 Å². The van der Waals surface area contributed by atoms with Gasteiger partial charge in [-0.05, 0) is 50.3 Å². The van der Waals surface area contributed by atoms with Crippen molar-refractivity contribution in [2.75, 3.05) is 18.5 Å². The van der Waals surface area contributed by atoms with Gasteiger partial charge in [-0.15, -0.1) is 0 Å². The molecule has 1 atom stereocenters. The molecule has 29 heavy (non-hydrogen) atoms. The molecule has 8 heteroatoms. The molecular weight excluding hydrogens is 370 g/mol. The molecule has 2 aliphatic rings. The van der Waals surface area contributed by atoms with Crippen LogP contribution in [0.2, 0.25) is 0 Å². The maximum absolute atomic E-state index is 12.9. The number of carbonyl (C=O) groups is 2. The van der Waals surface area contributed by atoms with Crippen LogP contribution in [0, 0.1) is 11.3 Å². The van der Waals surface area contributed by atoms with Gasteiger partial charge in [0, 0.05) is 25.4 Å². The molecule has 2 aromatic rings. The van der Waals surface area contributed by atoms with E-state index < -0.39 is 0 Å². The second kappa shape index (κ2) is 8.45. The van der Waals surface area contributed by atoms with Gasteiger partial charge in [0.25, 0.3) is 11.8 Å². The topological polar surface area (TPSA) is 109 Å². The molecular formula is C21H23N5O3. The van der Waals surface area contributed by atoms with Crippen LogP contribution < -0.4 is 10.6 Å². The molecule has 8 nitrogen and oxygen atoms in total. The molecule has 0 spiro atoms. The van der Waals surface area contributed by atoms with Crippen LogP contribution in [0.1, 0.15) is 58.0 Å². The van der Waals surface area contributed by atoms with E-state index in [2.05, 4.69) is 21.7 Å². The first-order valence-electron chi connectivity index (χ1n) is 9.96. The van der Waals surface area contributed by atoms with Crippen LogP contribution in [0.3, 0.4) is 0 Å². The Kier molecular flexibility index (Phi) is 5.58. The maximum Gasteiger partial charge on any atom is 0.287 e. The van der Waals surface area contributed by atoms with Crippen molar-refractivity contribution in [2.45, 2.75) is 44.8 Å². The highest BCUT2D eigenvalue weighted by Crippen LogP contribution is 2.22. The van der Waals surface area contributed by atoms with Crippen LogP contribution >= 0.6 is 0 Å². The van der Waals surface area contributed by atoms with Crippen LogP contribution in [0.15, 0.2) is 24.3 Å². The minimum absolute atomic E-state index is 0.0462. The Labute approximate surface area is 168 Å². The van der Waals surface area contributed by atoms with Gasteiger partial charge in [-0.25, -0.2) is 4.98 Å². The lowest BCUT2D eigenvalue weighted by Crippen LogP contribution is -2.34. The number of rotatable bonds is 5. The van der Waals surface area contributed by atoms with E-state index >= 15 is 0 Å². The van der Waals surface area contributed by atoms with Crippen LogP contribution in [0.4, 0.5) is 5.69 Å². The Balaban J connectivity index is 1.54. The zero-order valence-corrected chi connectivity index (χ0v) is 16.1. The van der Waals surface area contributed by atoms with Gasteiger partial charge in [0.15, 0.2) is 11.5 Å². The fourth-order valence-corrected chi connectivity index (χ4v) is 3.85. The summed E-state index contributed by atoms with van der Waals surface area (Å²) >= 11 is 0. The molecule has 0 saturated carbocycles. The Morgan fingerprint density at radius 2 is 2.17 bits per heavy atom. The minimum atomic E-state index is -0.371. The summed E-state index contributed by atoms with van der Waals surface area (Å²) in [4.78, 5) is 30.0. The summed E-state index contributed by atoms with van der Waals surface area (Å²) in [6.45, 7) is 1.85. The van der Waals surface area contributed by atoms with Gasteiger partial charge in [-0.3, -0.25) is 9.59 Å². The third-order valence-corrected chi connectivity index (χ3v) is 5.30. The Bertz CT molecular complexity index is 969. The molecule has 1 aromatic heterocycles. The van der Waals surface area contributed by atoms with E-state index in [1.807, 2.05) is 4.57 Å². The van der Waals surface area contributed by atoms with Crippen molar-refractivity contribution in [3.63, 3.8) is 0 Å². The zero-order valence-electron chi connectivity index (χ0n) is 16.1. The number of benzene rings is 1. The summed E-state index contributed by atoms with van der Waals surface area (Å²) in [7, 11) is 0. The molecule has 0 bridgehead atoms. The SMILES string of the molecule is N#Cc1cccc(NC(=O)c2nc(C(=O)NCC3CCCO3)n3c2CCCC3)c1. The van der Waals surface area contributed by atoms with Crippen molar-refractivity contribution in [3.05, 3.63) is 47.0 Å². The molecule has 0 aliphatic carbocycles. The third-order valence-electron chi connectivity index (χ3n) is 5.30. The summed E-state index contributed by atoms with van der Waals surface area (Å²) < 4.78 is 7.41. The van der Waals surface area contributed by atoms with E-state index in [-0.39, 0.29) is 29.4 Å². The summed E-state index contributed by atoms with van der Waals surface area (Å²) in [5, 5.41) is 14.7. The number of hydrogen-bond acceptors (Lipinski definition) is 5. The number of imidazole rings is 1. The van der Waals surface area contributed by atoms with Crippen molar-refractivity contribution in [1.82, 2.24) is 14.9 Å². The van der Waals surface area contributed by atoms with Gasteiger partial charge in [0.2, 0.25) is 0 Å². The number of ether oxygens (including phenoxy) is 1. The number of nitrogens with zero attached hydrogens (tertiary/aromatic N) is 3. The zero-order chi connectivity index (χ0) is 20.2. The fourth-order valence-electron chi connectivity index (χ4n) is 3.85. The van der Waals surface area contributed by atoms with Crippen molar-refractivity contribution in [3.8, 4) is 6.07 Å². The van der Waals surface area contributed by atoms with Gasteiger partial charge in [0.1, 0.15) is 0 Å². The lowest BCUT2D eigenvalue weighted by atomic mass is 10.1. The summed E-state index contributed by atoms with van der Waals surface area (Å²) in [5.41, 5.74) is 2.04. The number of hydrogen-bond donors (Lipinski definition) is 2. The standard InChI is InChI=1S/C21H23N5O3/c22-12-14-5-3-6-15(11-14)24-20(27)18-17-8-1-2-9-26(17)19(25-18)21(28)23-13-16-7-4-10-29-16/h3,5-6,11,16H,1-2,4,7-10,13H2,(H,23,28)(H,24,27). The molecule has 0 radical (unpaired) electrons. The van der Waals surface area contributed by atoms with Gasteiger partial charge in [0.05, 0.1) is 23.4 Å². The van der Waals surface area contributed by atoms with Gasteiger partial charge in [-0.2, -0.15) is 5.26 Å². The Morgan fingerprint density at radius 3 is 2.97 bits per heavy atom. The Hall–Kier alpha value is -3.18. The van der Waals surface area contributed by atoms with Crippen LogP contribution in [0.25, 0.3) is 0 Å². The molecule has 2 N–H and O–H groups in total. The number of nitriles is 1. The van der Waals surface area contributed by atoms with Gasteiger partial charge >= 0.3 is 0 Å². The largest absolute Gasteiger partial charge is 0.376 e. The fraction of sp³-hybridized carbons (Fsp3) is 0.429. The molecule has 1 unspecified atom stereocenters. The quantitative estimate of drug-likeness (QED) is 0.810. The number of nitrogens with one attached hydrogen (secondary N) is 2. The predicted octanol–water partition coefficient (Wildman–Crippen LogP) is 2.25. The van der Waals surface area contributed by atoms with Gasteiger partial charge < -0.3 is 19.9 Å². The molecule has 3 heterocycles. The predicted molar refractivity (Wildman–Crippen MR) is 106 cm³/mol. The third kappa shape index (κ3) is 4.15. The van der Waals surface area contributed by atoms with E-state index in [4.69, 9.17) is 10.00 Å².